The largest absolute Gasteiger partial charge is 0.469 e. The molecule has 1 saturated heterocycles. The molecule has 0 unspecified atom stereocenters. The minimum Gasteiger partial charge on any atom is -0.469 e. The molecule has 1 saturated carbocycles. The molecule has 2 rings (SSSR count). The summed E-state index contributed by atoms with van der Waals surface area (Å²) in [6.45, 7) is 2.18. The SMILES string of the molecule is COC(=O)[C@H](C)CS(=O)(=O)N1CCS[C@@H]2CCCC[C@H]21. The van der Waals surface area contributed by atoms with Crippen molar-refractivity contribution in [3.63, 3.8) is 0 Å². The van der Waals surface area contributed by atoms with Gasteiger partial charge in [0.1, 0.15) is 0 Å². The molecule has 0 amide bonds. The first-order chi connectivity index (χ1) is 9.45. The normalized spacial score (nSPS) is 29.5. The zero-order valence-electron chi connectivity index (χ0n) is 12.1. The highest BCUT2D eigenvalue weighted by Gasteiger charge is 2.40. The zero-order chi connectivity index (χ0) is 14.8. The van der Waals surface area contributed by atoms with E-state index in [1.165, 1.54) is 13.5 Å². The first kappa shape index (κ1) is 16.1. The Morgan fingerprint density at radius 3 is 2.80 bits per heavy atom. The standard InChI is InChI=1S/C13H23NO4S2/c1-10(13(15)18-2)9-20(16,17)14-7-8-19-12-6-4-3-5-11(12)14/h10-12H,3-9H2,1-2H3/t10-,11-,12-/m1/s1. The van der Waals surface area contributed by atoms with Gasteiger partial charge in [-0.05, 0) is 12.8 Å². The molecule has 2 fully saturated rings. The Bertz CT molecular complexity index is 449. The molecule has 116 valence electrons. The minimum absolute atomic E-state index is 0.123. The zero-order valence-corrected chi connectivity index (χ0v) is 13.7. The van der Waals surface area contributed by atoms with E-state index in [4.69, 9.17) is 0 Å². The van der Waals surface area contributed by atoms with Crippen molar-refractivity contribution >= 4 is 27.8 Å². The Kier molecular flexibility index (Phi) is 5.36. The lowest BCUT2D eigenvalue weighted by Crippen LogP contribution is -2.52. The maximum atomic E-state index is 12.6. The molecule has 7 heteroatoms. The predicted octanol–water partition coefficient (Wildman–Crippen LogP) is 1.49. The van der Waals surface area contributed by atoms with Gasteiger partial charge in [-0.25, -0.2) is 8.42 Å². The number of sulfonamides is 1. The molecule has 0 aromatic carbocycles. The summed E-state index contributed by atoms with van der Waals surface area (Å²) in [7, 11) is -2.10. The van der Waals surface area contributed by atoms with Crippen LogP contribution in [0.3, 0.4) is 0 Å². The van der Waals surface area contributed by atoms with Gasteiger partial charge in [-0.15, -0.1) is 0 Å². The molecule has 0 N–H and O–H groups in total. The molecule has 5 nitrogen and oxygen atoms in total. The predicted molar refractivity (Wildman–Crippen MR) is 80.2 cm³/mol. The lowest BCUT2D eigenvalue weighted by molar-refractivity contribution is -0.144. The third-order valence-electron chi connectivity index (χ3n) is 4.10. The van der Waals surface area contributed by atoms with Crippen LogP contribution in [0.1, 0.15) is 32.6 Å². The fraction of sp³-hybridized carbons (Fsp3) is 0.923. The van der Waals surface area contributed by atoms with Crippen LogP contribution in [0.25, 0.3) is 0 Å². The van der Waals surface area contributed by atoms with Gasteiger partial charge in [-0.3, -0.25) is 4.79 Å². The van der Waals surface area contributed by atoms with Gasteiger partial charge in [0.25, 0.3) is 0 Å². The average molecular weight is 321 g/mol. The highest BCUT2D eigenvalue weighted by Crippen LogP contribution is 2.37. The summed E-state index contributed by atoms with van der Waals surface area (Å²) in [5.41, 5.74) is 0. The topological polar surface area (TPSA) is 63.7 Å². The second kappa shape index (κ2) is 6.66. The van der Waals surface area contributed by atoms with Gasteiger partial charge >= 0.3 is 5.97 Å². The highest BCUT2D eigenvalue weighted by atomic mass is 32.2. The average Bonchev–Trinajstić information content (AvgIpc) is 2.45. The molecule has 0 radical (unpaired) electrons. The maximum Gasteiger partial charge on any atom is 0.309 e. The number of hydrogen-bond acceptors (Lipinski definition) is 5. The van der Waals surface area contributed by atoms with Crippen molar-refractivity contribution in [2.75, 3.05) is 25.2 Å². The van der Waals surface area contributed by atoms with Gasteiger partial charge in [0.15, 0.2) is 0 Å². The van der Waals surface area contributed by atoms with E-state index in [2.05, 4.69) is 4.74 Å². The minimum atomic E-state index is -3.39. The van der Waals surface area contributed by atoms with Gasteiger partial charge in [-0.2, -0.15) is 16.1 Å². The summed E-state index contributed by atoms with van der Waals surface area (Å²) in [5.74, 6) is -0.359. The molecule has 0 aromatic heterocycles. The number of rotatable bonds is 4. The van der Waals surface area contributed by atoms with Crippen LogP contribution in [0, 0.1) is 5.92 Å². The Morgan fingerprint density at radius 1 is 1.40 bits per heavy atom. The van der Waals surface area contributed by atoms with E-state index >= 15 is 0 Å². The first-order valence-corrected chi connectivity index (χ1v) is 9.80. The van der Waals surface area contributed by atoms with Crippen molar-refractivity contribution in [1.82, 2.24) is 4.31 Å². The highest BCUT2D eigenvalue weighted by molar-refractivity contribution is 8.00. The van der Waals surface area contributed by atoms with Crippen LogP contribution >= 0.6 is 11.8 Å². The molecule has 1 aliphatic carbocycles. The summed E-state index contributed by atoms with van der Waals surface area (Å²) in [5, 5.41) is 0.431. The van der Waals surface area contributed by atoms with Crippen LogP contribution in [-0.2, 0) is 19.6 Å². The molecule has 1 heterocycles. The third-order valence-corrected chi connectivity index (χ3v) is 7.59. The maximum absolute atomic E-state index is 12.6. The van der Waals surface area contributed by atoms with Crippen molar-refractivity contribution < 1.29 is 17.9 Å². The van der Waals surface area contributed by atoms with E-state index in [9.17, 15) is 13.2 Å². The molecular weight excluding hydrogens is 298 g/mol. The summed E-state index contributed by atoms with van der Waals surface area (Å²) in [6.07, 6.45) is 4.35. The molecule has 1 aliphatic heterocycles. The lowest BCUT2D eigenvalue weighted by atomic mass is 9.95. The second-order valence-electron chi connectivity index (χ2n) is 5.57. The van der Waals surface area contributed by atoms with E-state index in [0.717, 1.165) is 25.0 Å². The number of methoxy groups -OCH3 is 1. The molecule has 2 aliphatic rings. The lowest BCUT2D eigenvalue weighted by Gasteiger charge is -2.42. The van der Waals surface area contributed by atoms with Gasteiger partial charge in [0.2, 0.25) is 10.0 Å². The Hall–Kier alpha value is -0.270. The number of fused-ring (bicyclic) bond motifs is 1. The van der Waals surface area contributed by atoms with Gasteiger partial charge in [-0.1, -0.05) is 19.8 Å². The fourth-order valence-corrected chi connectivity index (χ4v) is 6.72. The summed E-state index contributed by atoms with van der Waals surface area (Å²) >= 11 is 1.90. The number of carbonyl (C=O) groups excluding carboxylic acids is 1. The quantitative estimate of drug-likeness (QED) is 0.734. The molecule has 3 atom stereocenters. The van der Waals surface area contributed by atoms with E-state index in [0.29, 0.717) is 11.8 Å². The fourth-order valence-electron chi connectivity index (χ4n) is 3.09. The van der Waals surface area contributed by atoms with Crippen LogP contribution in [0.4, 0.5) is 0 Å². The van der Waals surface area contributed by atoms with E-state index < -0.39 is 21.9 Å². The number of carbonyl (C=O) groups is 1. The van der Waals surface area contributed by atoms with Gasteiger partial charge in [0, 0.05) is 23.6 Å². The summed E-state index contributed by atoms with van der Waals surface area (Å²) < 4.78 is 31.4. The first-order valence-electron chi connectivity index (χ1n) is 7.14. The number of hydrogen-bond donors (Lipinski definition) is 0. The van der Waals surface area contributed by atoms with Crippen LogP contribution < -0.4 is 0 Å². The molecule has 20 heavy (non-hydrogen) atoms. The van der Waals surface area contributed by atoms with Crippen LogP contribution in [0.15, 0.2) is 0 Å². The number of nitrogens with zero attached hydrogens (tertiary/aromatic N) is 1. The van der Waals surface area contributed by atoms with E-state index in [1.807, 2.05) is 11.8 Å². The monoisotopic (exact) mass is 321 g/mol. The van der Waals surface area contributed by atoms with Crippen LogP contribution in [0.2, 0.25) is 0 Å². The van der Waals surface area contributed by atoms with Crippen molar-refractivity contribution in [3.8, 4) is 0 Å². The van der Waals surface area contributed by atoms with Gasteiger partial charge < -0.3 is 4.74 Å². The molecule has 0 bridgehead atoms. The van der Waals surface area contributed by atoms with Crippen molar-refractivity contribution in [2.45, 2.75) is 43.9 Å². The van der Waals surface area contributed by atoms with Crippen molar-refractivity contribution in [2.24, 2.45) is 5.92 Å². The number of thioether (sulfide) groups is 1. The summed E-state index contributed by atoms with van der Waals surface area (Å²) in [6, 6.07) is 0.123. The third kappa shape index (κ3) is 3.49. The van der Waals surface area contributed by atoms with Crippen molar-refractivity contribution in [3.05, 3.63) is 0 Å². The second-order valence-corrected chi connectivity index (χ2v) is 8.89. The van der Waals surface area contributed by atoms with Crippen LogP contribution in [-0.4, -0.2) is 55.1 Å². The van der Waals surface area contributed by atoms with Crippen molar-refractivity contribution in [1.29, 1.82) is 0 Å². The smallest absolute Gasteiger partial charge is 0.309 e. The Labute approximate surface area is 125 Å². The van der Waals surface area contributed by atoms with E-state index in [-0.39, 0.29) is 11.8 Å². The molecule has 0 spiro atoms. The molecule has 0 aromatic rings. The van der Waals surface area contributed by atoms with Gasteiger partial charge in [0.05, 0.1) is 18.8 Å². The van der Waals surface area contributed by atoms with E-state index in [1.54, 1.807) is 11.2 Å². The van der Waals surface area contributed by atoms with Crippen LogP contribution in [0.5, 0.6) is 0 Å². The Morgan fingerprint density at radius 2 is 2.10 bits per heavy atom. The Balaban J connectivity index is 2.09. The number of ether oxygens (including phenoxy) is 1. The molecular formula is C13H23NO4S2. The number of esters is 1. The summed E-state index contributed by atoms with van der Waals surface area (Å²) in [4.78, 5) is 11.4.